The second-order valence-corrected chi connectivity index (χ2v) is 5.46. The van der Waals surface area contributed by atoms with Crippen LogP contribution in [0.5, 0.6) is 0 Å². The molecule has 0 amide bonds. The summed E-state index contributed by atoms with van der Waals surface area (Å²) in [5.41, 5.74) is 3.01. The van der Waals surface area contributed by atoms with Gasteiger partial charge in [0.2, 0.25) is 0 Å². The fraction of sp³-hybridized carbons (Fsp3) is 0.250. The lowest BCUT2D eigenvalue weighted by Gasteiger charge is -2.05. The highest BCUT2D eigenvalue weighted by Gasteiger charge is 2.04. The largest absolute Gasteiger partial charge is 0.216 e. The molecule has 0 heterocycles. The number of unbranched alkanes of at least 4 members (excludes halogenated alkanes) is 3. The van der Waals surface area contributed by atoms with Gasteiger partial charge in [0.25, 0.3) is 0 Å². The number of hydrogen-bond donors (Lipinski definition) is 0. The molecular formula is C20H19F2N. The first-order valence-corrected chi connectivity index (χ1v) is 7.79. The maximum absolute atomic E-state index is 13.7. The van der Waals surface area contributed by atoms with E-state index in [4.69, 9.17) is 5.26 Å². The molecule has 0 unspecified atom stereocenters. The second-order valence-electron chi connectivity index (χ2n) is 5.46. The van der Waals surface area contributed by atoms with Gasteiger partial charge >= 0.3 is 0 Å². The lowest BCUT2D eigenvalue weighted by Crippen LogP contribution is -1.88. The van der Waals surface area contributed by atoms with E-state index in [1.54, 1.807) is 12.1 Å². The molecule has 3 heteroatoms. The predicted octanol–water partition coefficient (Wildman–Crippen LogP) is 5.95. The van der Waals surface area contributed by atoms with Crippen LogP contribution in [0.2, 0.25) is 0 Å². The molecule has 118 valence electrons. The Kier molecular flexibility index (Phi) is 6.50. The maximum Gasteiger partial charge on any atom is 0.141 e. The molecule has 0 N–H and O–H groups in total. The Morgan fingerprint density at radius 1 is 0.957 bits per heavy atom. The van der Waals surface area contributed by atoms with Crippen LogP contribution >= 0.6 is 0 Å². The molecule has 0 aliphatic heterocycles. The number of nitrogens with zero attached hydrogens (tertiary/aromatic N) is 1. The Bertz CT molecular complexity index is 697. The zero-order valence-electron chi connectivity index (χ0n) is 12.9. The third-order valence-corrected chi connectivity index (χ3v) is 3.80. The van der Waals surface area contributed by atoms with Crippen molar-refractivity contribution >= 4 is 0 Å². The number of allylic oxidation sites excluding steroid dienone is 1. The third kappa shape index (κ3) is 5.03. The highest BCUT2D eigenvalue weighted by Crippen LogP contribution is 2.22. The molecule has 0 aromatic heterocycles. The molecule has 1 nitrogen and oxygen atoms in total. The normalized spacial score (nSPS) is 10.8. The van der Waals surface area contributed by atoms with Crippen molar-refractivity contribution in [1.29, 1.82) is 5.26 Å². The van der Waals surface area contributed by atoms with E-state index >= 15 is 0 Å². The summed E-state index contributed by atoms with van der Waals surface area (Å²) in [7, 11) is 0. The molecule has 0 spiro atoms. The summed E-state index contributed by atoms with van der Waals surface area (Å²) in [6.45, 7) is 0. The van der Waals surface area contributed by atoms with Gasteiger partial charge < -0.3 is 0 Å². The molecule has 0 saturated heterocycles. The average molecular weight is 311 g/mol. The topological polar surface area (TPSA) is 23.8 Å². The minimum atomic E-state index is -0.489. The summed E-state index contributed by atoms with van der Waals surface area (Å²) in [6.07, 6.45) is 7.08. The summed E-state index contributed by atoms with van der Waals surface area (Å²) in [6, 6.07) is 14.5. The molecule has 0 saturated carbocycles. The number of nitriles is 1. The molecule has 0 bridgehead atoms. The highest BCUT2D eigenvalue weighted by molar-refractivity contribution is 5.64. The van der Waals surface area contributed by atoms with Crippen molar-refractivity contribution < 1.29 is 8.78 Å². The summed E-state index contributed by atoms with van der Waals surface area (Å²) in [4.78, 5) is 0. The quantitative estimate of drug-likeness (QED) is 0.580. The minimum absolute atomic E-state index is 0.0629. The van der Waals surface area contributed by atoms with Crippen LogP contribution in [0.15, 0.2) is 54.9 Å². The van der Waals surface area contributed by atoms with Gasteiger partial charge in [-0.15, -0.1) is 0 Å². The summed E-state index contributed by atoms with van der Waals surface area (Å²) in [5.74, 6) is -0.489. The van der Waals surface area contributed by atoms with E-state index < -0.39 is 5.82 Å². The third-order valence-electron chi connectivity index (χ3n) is 3.80. The zero-order valence-corrected chi connectivity index (χ0v) is 12.9. The van der Waals surface area contributed by atoms with Gasteiger partial charge in [-0.3, -0.25) is 0 Å². The summed E-state index contributed by atoms with van der Waals surface area (Å²) >= 11 is 0. The van der Waals surface area contributed by atoms with Crippen LogP contribution in [-0.2, 0) is 6.42 Å². The average Bonchev–Trinajstić information content (AvgIpc) is 2.58. The van der Waals surface area contributed by atoms with E-state index in [0.29, 0.717) is 6.33 Å². The van der Waals surface area contributed by atoms with Crippen molar-refractivity contribution in [2.75, 3.05) is 0 Å². The van der Waals surface area contributed by atoms with Crippen LogP contribution in [0.1, 0.15) is 36.8 Å². The van der Waals surface area contributed by atoms with E-state index in [1.165, 1.54) is 17.7 Å². The maximum atomic E-state index is 13.7. The summed E-state index contributed by atoms with van der Waals surface area (Å²) < 4.78 is 25.5. The number of rotatable bonds is 7. The van der Waals surface area contributed by atoms with Crippen LogP contribution in [0.4, 0.5) is 8.78 Å². The van der Waals surface area contributed by atoms with Gasteiger partial charge in [0.15, 0.2) is 0 Å². The molecule has 0 radical (unpaired) electrons. The molecule has 0 atom stereocenters. The van der Waals surface area contributed by atoms with E-state index in [1.807, 2.05) is 30.3 Å². The molecular weight excluding hydrogens is 292 g/mol. The van der Waals surface area contributed by atoms with Gasteiger partial charge in [0.05, 0.1) is 11.9 Å². The molecule has 23 heavy (non-hydrogen) atoms. The van der Waals surface area contributed by atoms with Crippen molar-refractivity contribution in [3.8, 4) is 17.2 Å². The van der Waals surface area contributed by atoms with Crippen molar-refractivity contribution in [2.45, 2.75) is 32.1 Å². The highest BCUT2D eigenvalue weighted by atomic mass is 19.1. The van der Waals surface area contributed by atoms with E-state index in [2.05, 4.69) is 0 Å². The van der Waals surface area contributed by atoms with Gasteiger partial charge in [0, 0.05) is 0 Å². The van der Waals surface area contributed by atoms with Crippen molar-refractivity contribution in [3.05, 3.63) is 71.8 Å². The standard InChI is InChI=1S/C20H19F2N/c21-13-5-3-1-2-4-6-16-7-9-17(10-8-16)18-11-12-19(15-23)20(22)14-18/h5,7-14H,1-4,6H2/b13-5+. The first-order valence-electron chi connectivity index (χ1n) is 7.79. The van der Waals surface area contributed by atoms with E-state index in [0.717, 1.165) is 43.2 Å². The fourth-order valence-corrected chi connectivity index (χ4v) is 2.48. The smallest absolute Gasteiger partial charge is 0.141 e. The first-order chi connectivity index (χ1) is 11.2. The van der Waals surface area contributed by atoms with Crippen molar-refractivity contribution in [1.82, 2.24) is 0 Å². The van der Waals surface area contributed by atoms with E-state index in [9.17, 15) is 8.78 Å². The van der Waals surface area contributed by atoms with Gasteiger partial charge in [0.1, 0.15) is 11.9 Å². The Hall–Kier alpha value is -2.47. The first kappa shape index (κ1) is 16.9. The molecule has 0 aliphatic carbocycles. The molecule has 2 rings (SSSR count). The summed E-state index contributed by atoms with van der Waals surface area (Å²) in [5, 5.41) is 8.75. The van der Waals surface area contributed by atoms with Crippen LogP contribution in [-0.4, -0.2) is 0 Å². The monoisotopic (exact) mass is 311 g/mol. The van der Waals surface area contributed by atoms with Crippen molar-refractivity contribution in [2.24, 2.45) is 0 Å². The molecule has 0 fully saturated rings. The van der Waals surface area contributed by atoms with Crippen LogP contribution < -0.4 is 0 Å². The Morgan fingerprint density at radius 2 is 1.70 bits per heavy atom. The van der Waals surface area contributed by atoms with Gasteiger partial charge in [-0.2, -0.15) is 5.26 Å². The lowest BCUT2D eigenvalue weighted by atomic mass is 10.00. The zero-order chi connectivity index (χ0) is 16.5. The van der Waals surface area contributed by atoms with Crippen LogP contribution in [0.25, 0.3) is 11.1 Å². The Labute approximate surface area is 135 Å². The second kappa shape index (κ2) is 8.85. The Morgan fingerprint density at radius 3 is 2.35 bits per heavy atom. The van der Waals surface area contributed by atoms with Crippen LogP contribution in [0.3, 0.4) is 0 Å². The molecule has 2 aromatic carbocycles. The SMILES string of the molecule is N#Cc1ccc(-c2ccc(CCCCC/C=C/F)cc2)cc1F. The number of hydrogen-bond acceptors (Lipinski definition) is 1. The van der Waals surface area contributed by atoms with Crippen molar-refractivity contribution in [3.63, 3.8) is 0 Å². The lowest BCUT2D eigenvalue weighted by molar-refractivity contribution is 0.624. The fourth-order valence-electron chi connectivity index (χ4n) is 2.48. The predicted molar refractivity (Wildman–Crippen MR) is 89.0 cm³/mol. The number of halogens is 2. The number of benzene rings is 2. The van der Waals surface area contributed by atoms with Gasteiger partial charge in [-0.25, -0.2) is 8.78 Å². The molecule has 2 aromatic rings. The van der Waals surface area contributed by atoms with E-state index in [-0.39, 0.29) is 5.56 Å². The van der Waals surface area contributed by atoms with Gasteiger partial charge in [-0.05, 0) is 54.5 Å². The van der Waals surface area contributed by atoms with Gasteiger partial charge in [-0.1, -0.05) is 42.8 Å². The number of aryl methyl sites for hydroxylation is 1. The Balaban J connectivity index is 1.92. The van der Waals surface area contributed by atoms with Crippen LogP contribution in [0, 0.1) is 17.1 Å². The minimum Gasteiger partial charge on any atom is -0.216 e. The molecule has 0 aliphatic rings.